The van der Waals surface area contributed by atoms with Gasteiger partial charge in [-0.1, -0.05) is 0 Å². The lowest BCUT2D eigenvalue weighted by Crippen LogP contribution is -2.59. The number of carbonyl (C=O) groups is 1. The molecule has 3 saturated heterocycles. The summed E-state index contributed by atoms with van der Waals surface area (Å²) in [4.78, 5) is 14.0. The van der Waals surface area contributed by atoms with Crippen molar-refractivity contribution in [3.05, 3.63) is 0 Å². The highest BCUT2D eigenvalue weighted by Gasteiger charge is 2.50. The van der Waals surface area contributed by atoms with E-state index in [0.29, 0.717) is 12.0 Å². The molecule has 4 atom stereocenters. The Morgan fingerprint density at radius 3 is 3.00 bits per heavy atom. The molecule has 4 nitrogen and oxygen atoms in total. The molecule has 4 heteroatoms. The zero-order chi connectivity index (χ0) is 11.1. The van der Waals surface area contributed by atoms with Crippen LogP contribution in [0.2, 0.25) is 0 Å². The van der Waals surface area contributed by atoms with E-state index in [4.69, 9.17) is 4.74 Å². The summed E-state index contributed by atoms with van der Waals surface area (Å²) in [7, 11) is 1.60. The summed E-state index contributed by atoms with van der Waals surface area (Å²) in [6.45, 7) is 3.48. The van der Waals surface area contributed by atoms with E-state index in [1.807, 2.05) is 0 Å². The second kappa shape index (κ2) is 4.00. The van der Waals surface area contributed by atoms with E-state index < -0.39 is 0 Å². The van der Waals surface area contributed by atoms with Crippen molar-refractivity contribution in [3.8, 4) is 0 Å². The fraction of sp³-hybridized carbons (Fsp3) is 0.917. The number of nitrogens with one attached hydrogen (secondary N) is 1. The van der Waals surface area contributed by atoms with E-state index in [-0.39, 0.29) is 12.5 Å². The first-order chi connectivity index (χ1) is 7.81. The van der Waals surface area contributed by atoms with Gasteiger partial charge in [0.1, 0.15) is 6.61 Å². The van der Waals surface area contributed by atoms with Gasteiger partial charge in [0.25, 0.3) is 0 Å². The highest BCUT2D eigenvalue weighted by atomic mass is 16.5. The summed E-state index contributed by atoms with van der Waals surface area (Å²) in [5, 5.41) is 3.49. The zero-order valence-electron chi connectivity index (χ0n) is 9.82. The molecule has 0 spiro atoms. The van der Waals surface area contributed by atoms with Crippen molar-refractivity contribution in [1.29, 1.82) is 0 Å². The van der Waals surface area contributed by atoms with Crippen LogP contribution in [-0.4, -0.2) is 50.2 Å². The van der Waals surface area contributed by atoms with Crippen LogP contribution < -0.4 is 5.32 Å². The van der Waals surface area contributed by atoms with Gasteiger partial charge in [-0.25, -0.2) is 0 Å². The third-order valence-electron chi connectivity index (χ3n) is 4.66. The predicted molar refractivity (Wildman–Crippen MR) is 60.0 cm³/mol. The van der Waals surface area contributed by atoms with E-state index in [9.17, 15) is 4.79 Å². The first kappa shape index (κ1) is 10.5. The first-order valence-electron chi connectivity index (χ1n) is 6.30. The van der Waals surface area contributed by atoms with Crippen molar-refractivity contribution >= 4 is 5.91 Å². The van der Waals surface area contributed by atoms with Crippen LogP contribution in [0.3, 0.4) is 0 Å². The van der Waals surface area contributed by atoms with Crippen molar-refractivity contribution in [3.63, 3.8) is 0 Å². The molecule has 3 aliphatic heterocycles. The van der Waals surface area contributed by atoms with Gasteiger partial charge < -0.3 is 15.0 Å². The van der Waals surface area contributed by atoms with E-state index in [1.165, 1.54) is 12.8 Å². The molecule has 1 N–H and O–H groups in total. The molecule has 1 saturated carbocycles. The number of hydrogen-bond acceptors (Lipinski definition) is 3. The van der Waals surface area contributed by atoms with Crippen LogP contribution in [0.25, 0.3) is 0 Å². The summed E-state index contributed by atoms with van der Waals surface area (Å²) in [6, 6.07) is 0.479. The minimum atomic E-state index is 0.183. The average molecular weight is 224 g/mol. The van der Waals surface area contributed by atoms with E-state index in [0.717, 1.165) is 31.5 Å². The quantitative estimate of drug-likeness (QED) is 0.723. The van der Waals surface area contributed by atoms with E-state index in [2.05, 4.69) is 10.2 Å². The van der Waals surface area contributed by atoms with Gasteiger partial charge in [0.05, 0.1) is 0 Å². The highest BCUT2D eigenvalue weighted by molar-refractivity contribution is 5.78. The SMILES string of the molecule is COCC(=O)N1C[C@H]2CC[C@H]1[C@H]1CNC[C@H]21. The maximum atomic E-state index is 12.0. The third kappa shape index (κ3) is 1.47. The van der Waals surface area contributed by atoms with Gasteiger partial charge in [-0.3, -0.25) is 4.79 Å². The van der Waals surface area contributed by atoms with Crippen molar-refractivity contribution < 1.29 is 9.53 Å². The number of nitrogens with zero attached hydrogens (tertiary/aromatic N) is 1. The number of piperidine rings is 2. The van der Waals surface area contributed by atoms with Crippen LogP contribution in [0.5, 0.6) is 0 Å². The lowest BCUT2D eigenvalue weighted by Gasteiger charge is -2.52. The van der Waals surface area contributed by atoms with Crippen molar-refractivity contribution in [2.45, 2.75) is 18.9 Å². The summed E-state index contributed by atoms with van der Waals surface area (Å²) in [5.41, 5.74) is 0. The Morgan fingerprint density at radius 1 is 1.38 bits per heavy atom. The van der Waals surface area contributed by atoms with Gasteiger partial charge in [0, 0.05) is 26.2 Å². The Labute approximate surface area is 96.3 Å². The van der Waals surface area contributed by atoms with Crippen LogP contribution in [0, 0.1) is 17.8 Å². The van der Waals surface area contributed by atoms with Gasteiger partial charge in [-0.2, -0.15) is 0 Å². The molecule has 1 amide bonds. The number of carbonyl (C=O) groups excluding carboxylic acids is 1. The molecule has 3 heterocycles. The van der Waals surface area contributed by atoms with Gasteiger partial charge in [0.2, 0.25) is 5.91 Å². The topological polar surface area (TPSA) is 41.6 Å². The first-order valence-corrected chi connectivity index (χ1v) is 6.30. The van der Waals surface area contributed by atoms with E-state index >= 15 is 0 Å². The molecular weight excluding hydrogens is 204 g/mol. The Bertz CT molecular complexity index is 295. The maximum Gasteiger partial charge on any atom is 0.248 e. The minimum absolute atomic E-state index is 0.183. The predicted octanol–water partition coefficient (Wildman–Crippen LogP) is 0.0892. The molecule has 0 aromatic carbocycles. The van der Waals surface area contributed by atoms with Crippen LogP contribution in [0.1, 0.15) is 12.8 Å². The summed E-state index contributed by atoms with van der Waals surface area (Å²) in [5.74, 6) is 2.44. The maximum absolute atomic E-state index is 12.0. The molecule has 2 bridgehead atoms. The standard InChI is InChI=1S/C12H20N2O2/c1-16-7-12(15)14-6-8-2-3-11(14)10-5-13-4-9(8)10/h8-11,13H,2-7H2,1H3/t8-,9-,10+,11+/m1/s1. The van der Waals surface area contributed by atoms with Crippen LogP contribution in [-0.2, 0) is 9.53 Å². The molecule has 0 aromatic rings. The number of fused-ring (bicyclic) bond motifs is 2. The van der Waals surface area contributed by atoms with Crippen LogP contribution in [0.4, 0.5) is 0 Å². The summed E-state index contributed by atoms with van der Waals surface area (Å²) in [6.07, 6.45) is 2.51. The molecule has 1 aliphatic carbocycles. The molecular formula is C12H20N2O2. The molecule has 16 heavy (non-hydrogen) atoms. The fourth-order valence-electron chi connectivity index (χ4n) is 3.96. The van der Waals surface area contributed by atoms with Gasteiger partial charge in [0.15, 0.2) is 0 Å². The summed E-state index contributed by atoms with van der Waals surface area (Å²) < 4.78 is 4.97. The van der Waals surface area contributed by atoms with Crippen LogP contribution >= 0.6 is 0 Å². The van der Waals surface area contributed by atoms with Gasteiger partial charge in [-0.05, 0) is 37.1 Å². The Hall–Kier alpha value is -0.610. The van der Waals surface area contributed by atoms with Gasteiger partial charge >= 0.3 is 0 Å². The number of ether oxygens (including phenoxy) is 1. The average Bonchev–Trinajstić information content (AvgIpc) is 2.80. The minimum Gasteiger partial charge on any atom is -0.375 e. The molecule has 0 aromatic heterocycles. The van der Waals surface area contributed by atoms with Crippen molar-refractivity contribution in [2.75, 3.05) is 33.4 Å². The Balaban J connectivity index is 1.77. The van der Waals surface area contributed by atoms with Gasteiger partial charge in [-0.15, -0.1) is 0 Å². The second-order valence-corrected chi connectivity index (χ2v) is 5.37. The largest absolute Gasteiger partial charge is 0.375 e. The molecule has 4 fully saturated rings. The van der Waals surface area contributed by atoms with Crippen molar-refractivity contribution in [1.82, 2.24) is 10.2 Å². The number of methoxy groups -OCH3 is 1. The lowest BCUT2D eigenvalue weighted by molar-refractivity contribution is -0.147. The van der Waals surface area contributed by atoms with E-state index in [1.54, 1.807) is 7.11 Å². The smallest absolute Gasteiger partial charge is 0.248 e. The fourth-order valence-corrected chi connectivity index (χ4v) is 3.96. The number of amides is 1. The number of hydrogen-bond donors (Lipinski definition) is 1. The Morgan fingerprint density at radius 2 is 2.19 bits per heavy atom. The lowest BCUT2D eigenvalue weighted by atomic mass is 9.66. The monoisotopic (exact) mass is 224 g/mol. The number of rotatable bonds is 2. The Kier molecular flexibility index (Phi) is 2.64. The highest BCUT2D eigenvalue weighted by Crippen LogP contribution is 2.44. The summed E-state index contributed by atoms with van der Waals surface area (Å²) >= 11 is 0. The molecule has 4 aliphatic rings. The van der Waals surface area contributed by atoms with Crippen LogP contribution in [0.15, 0.2) is 0 Å². The zero-order valence-corrected chi connectivity index (χ0v) is 9.82. The normalized spacial score (nSPS) is 41.2. The second-order valence-electron chi connectivity index (χ2n) is 5.37. The molecule has 0 radical (unpaired) electrons. The van der Waals surface area contributed by atoms with Crippen molar-refractivity contribution in [2.24, 2.45) is 17.8 Å². The molecule has 0 unspecified atom stereocenters. The third-order valence-corrected chi connectivity index (χ3v) is 4.66. The molecule has 4 rings (SSSR count). The molecule has 90 valence electrons.